The number of hydrogen-bond donors (Lipinski definition) is 1. The zero-order valence-corrected chi connectivity index (χ0v) is 17.5. The van der Waals surface area contributed by atoms with Gasteiger partial charge in [-0.1, -0.05) is 30.3 Å². The van der Waals surface area contributed by atoms with Crippen LogP contribution in [-0.4, -0.2) is 24.8 Å². The van der Waals surface area contributed by atoms with Gasteiger partial charge in [-0.3, -0.25) is 9.59 Å². The Kier molecular flexibility index (Phi) is 5.13. The van der Waals surface area contributed by atoms with Gasteiger partial charge in [0.1, 0.15) is 10.6 Å². The van der Waals surface area contributed by atoms with Crippen LogP contribution in [0.3, 0.4) is 0 Å². The van der Waals surface area contributed by atoms with E-state index >= 15 is 0 Å². The maximum Gasteiger partial charge on any atom is 0.341 e. The normalized spacial score (nSPS) is 11.0. The van der Waals surface area contributed by atoms with Gasteiger partial charge >= 0.3 is 5.97 Å². The third-order valence-corrected chi connectivity index (χ3v) is 6.31. The lowest BCUT2D eigenvalue weighted by Crippen LogP contribution is -2.16. The minimum atomic E-state index is -0.591. The maximum absolute atomic E-state index is 12.8. The van der Waals surface area contributed by atoms with Crippen molar-refractivity contribution in [1.29, 1.82) is 0 Å². The van der Waals surface area contributed by atoms with Gasteiger partial charge in [0.2, 0.25) is 5.91 Å². The lowest BCUT2D eigenvalue weighted by molar-refractivity contribution is -0.115. The smallest absolute Gasteiger partial charge is 0.341 e. The second kappa shape index (κ2) is 7.76. The first kappa shape index (κ1) is 19.8. The van der Waals surface area contributed by atoms with Crippen molar-refractivity contribution in [3.63, 3.8) is 0 Å². The minimum Gasteiger partial charge on any atom is -0.465 e. The Balaban J connectivity index is 1.68. The van der Waals surface area contributed by atoms with Gasteiger partial charge in [-0.2, -0.15) is 0 Å². The summed E-state index contributed by atoms with van der Waals surface area (Å²) in [4.78, 5) is 37.4. The summed E-state index contributed by atoms with van der Waals surface area (Å²) >= 11 is 1.08. The number of fused-ring (bicyclic) bond motifs is 3. The number of rotatable bonds is 5. The summed E-state index contributed by atoms with van der Waals surface area (Å²) in [5.74, 6) is -1.08. The molecule has 152 valence electrons. The molecule has 6 nitrogen and oxygen atoms in total. The van der Waals surface area contributed by atoms with Crippen LogP contribution in [0.1, 0.15) is 38.1 Å². The number of benzene rings is 2. The van der Waals surface area contributed by atoms with Crippen molar-refractivity contribution in [3.8, 4) is 0 Å². The average molecular weight is 421 g/mol. The SMILES string of the molecule is COC(=O)c1c(NC(=O)Cc2coc3ccc4ccccc4c23)sc(C(C)=O)c1C. The van der Waals surface area contributed by atoms with Crippen molar-refractivity contribution in [2.45, 2.75) is 20.3 Å². The minimum absolute atomic E-state index is 0.0635. The number of furan rings is 1. The zero-order chi connectivity index (χ0) is 21.4. The molecule has 2 aromatic carbocycles. The quantitative estimate of drug-likeness (QED) is 0.357. The van der Waals surface area contributed by atoms with Crippen molar-refractivity contribution in [1.82, 2.24) is 0 Å². The highest BCUT2D eigenvalue weighted by Gasteiger charge is 2.25. The summed E-state index contributed by atoms with van der Waals surface area (Å²) in [6.07, 6.45) is 1.65. The van der Waals surface area contributed by atoms with Crippen molar-refractivity contribution < 1.29 is 23.5 Å². The third-order valence-electron chi connectivity index (χ3n) is 5.00. The molecule has 0 bridgehead atoms. The molecule has 2 heterocycles. The molecule has 0 saturated carbocycles. The van der Waals surface area contributed by atoms with Crippen LogP contribution in [-0.2, 0) is 16.0 Å². The van der Waals surface area contributed by atoms with Crippen LogP contribution in [0.25, 0.3) is 21.7 Å². The Bertz CT molecular complexity index is 1310. The predicted octanol–water partition coefficient (Wildman–Crippen LogP) is 5.13. The summed E-state index contributed by atoms with van der Waals surface area (Å²) < 4.78 is 10.5. The van der Waals surface area contributed by atoms with Crippen LogP contribution in [0.4, 0.5) is 5.00 Å². The molecule has 0 atom stereocenters. The molecule has 0 aliphatic heterocycles. The third kappa shape index (κ3) is 3.37. The van der Waals surface area contributed by atoms with Gasteiger partial charge in [0.15, 0.2) is 5.78 Å². The Morgan fingerprint density at radius 1 is 1.13 bits per heavy atom. The van der Waals surface area contributed by atoms with E-state index < -0.39 is 5.97 Å². The monoisotopic (exact) mass is 421 g/mol. The van der Waals surface area contributed by atoms with Gasteiger partial charge in [-0.25, -0.2) is 4.79 Å². The van der Waals surface area contributed by atoms with Crippen molar-refractivity contribution in [3.05, 3.63) is 64.2 Å². The first-order valence-corrected chi connectivity index (χ1v) is 10.1. The Morgan fingerprint density at radius 2 is 1.90 bits per heavy atom. The van der Waals surface area contributed by atoms with Crippen molar-refractivity contribution in [2.24, 2.45) is 0 Å². The number of anilines is 1. The van der Waals surface area contributed by atoms with E-state index in [0.717, 1.165) is 33.1 Å². The van der Waals surface area contributed by atoms with Gasteiger partial charge in [0.05, 0.1) is 30.2 Å². The molecule has 0 unspecified atom stereocenters. The largest absolute Gasteiger partial charge is 0.465 e. The molecule has 4 rings (SSSR count). The first-order valence-electron chi connectivity index (χ1n) is 9.31. The summed E-state index contributed by atoms with van der Waals surface area (Å²) in [5, 5.41) is 6.05. The molecule has 0 aliphatic carbocycles. The number of Topliss-reactive ketones (excluding diaryl/α,β-unsaturated/α-hetero) is 1. The van der Waals surface area contributed by atoms with E-state index in [1.165, 1.54) is 14.0 Å². The van der Waals surface area contributed by atoms with Gasteiger partial charge in [0.25, 0.3) is 0 Å². The second-order valence-electron chi connectivity index (χ2n) is 6.95. The Hall–Kier alpha value is -3.45. The van der Waals surface area contributed by atoms with E-state index in [1.54, 1.807) is 13.2 Å². The van der Waals surface area contributed by atoms with Crippen LogP contribution >= 0.6 is 11.3 Å². The molecule has 1 amide bonds. The molecule has 2 aromatic heterocycles. The van der Waals surface area contributed by atoms with Crippen molar-refractivity contribution in [2.75, 3.05) is 12.4 Å². The number of carbonyl (C=O) groups is 3. The van der Waals surface area contributed by atoms with E-state index in [9.17, 15) is 14.4 Å². The van der Waals surface area contributed by atoms with Crippen molar-refractivity contribution >= 4 is 55.7 Å². The molecule has 0 saturated heterocycles. The molecule has 4 aromatic rings. The predicted molar refractivity (Wildman–Crippen MR) is 116 cm³/mol. The number of ketones is 1. The fourth-order valence-electron chi connectivity index (χ4n) is 3.63. The molecular formula is C23H19NO5S. The number of esters is 1. The van der Waals surface area contributed by atoms with Gasteiger partial charge in [0, 0.05) is 10.9 Å². The van der Waals surface area contributed by atoms with Crippen LogP contribution < -0.4 is 5.32 Å². The zero-order valence-electron chi connectivity index (χ0n) is 16.7. The molecule has 1 N–H and O–H groups in total. The van der Waals surface area contributed by atoms with E-state index in [1.807, 2.05) is 36.4 Å². The lowest BCUT2D eigenvalue weighted by atomic mass is 10.0. The fourth-order valence-corrected chi connectivity index (χ4v) is 4.74. The van der Waals surface area contributed by atoms with Gasteiger partial charge in [-0.05, 0) is 36.2 Å². The average Bonchev–Trinajstić information content (AvgIpc) is 3.28. The number of amides is 1. The van der Waals surface area contributed by atoms with E-state index in [-0.39, 0.29) is 23.7 Å². The second-order valence-corrected chi connectivity index (χ2v) is 7.97. The van der Waals surface area contributed by atoms with E-state index in [0.29, 0.717) is 21.0 Å². The van der Waals surface area contributed by atoms with Crippen LogP contribution in [0.15, 0.2) is 47.1 Å². The van der Waals surface area contributed by atoms with Crippen LogP contribution in [0.5, 0.6) is 0 Å². The number of carbonyl (C=O) groups excluding carboxylic acids is 3. The maximum atomic E-state index is 12.8. The highest BCUT2D eigenvalue weighted by Crippen LogP contribution is 2.35. The number of ether oxygens (including phenoxy) is 1. The highest BCUT2D eigenvalue weighted by atomic mass is 32.1. The Labute approximate surface area is 176 Å². The summed E-state index contributed by atoms with van der Waals surface area (Å²) in [6.45, 7) is 3.10. The van der Waals surface area contributed by atoms with E-state index in [2.05, 4.69) is 5.32 Å². The molecule has 7 heteroatoms. The fraction of sp³-hybridized carbons (Fsp3) is 0.174. The summed E-state index contributed by atoms with van der Waals surface area (Å²) in [7, 11) is 1.27. The molecule has 0 aliphatic rings. The van der Waals surface area contributed by atoms with Gasteiger partial charge in [-0.15, -0.1) is 11.3 Å². The number of methoxy groups -OCH3 is 1. The molecule has 0 radical (unpaired) electrons. The topological polar surface area (TPSA) is 85.6 Å². The highest BCUT2D eigenvalue weighted by molar-refractivity contribution is 7.18. The van der Waals surface area contributed by atoms with Gasteiger partial charge < -0.3 is 14.5 Å². The summed E-state index contributed by atoms with van der Waals surface area (Å²) in [6, 6.07) is 11.8. The Morgan fingerprint density at radius 3 is 2.63 bits per heavy atom. The lowest BCUT2D eigenvalue weighted by Gasteiger charge is -2.06. The molecule has 0 fully saturated rings. The number of thiophene rings is 1. The number of hydrogen-bond acceptors (Lipinski definition) is 6. The van der Waals surface area contributed by atoms with Crippen LogP contribution in [0, 0.1) is 6.92 Å². The standard InChI is InChI=1S/C23H19NO5S/c1-12-19(23(27)28-3)22(30-21(12)13(2)25)24-18(26)10-15-11-29-17-9-8-14-6-4-5-7-16(14)20(15)17/h4-9,11H,10H2,1-3H3,(H,24,26). The van der Waals surface area contributed by atoms with Crippen LogP contribution in [0.2, 0.25) is 0 Å². The first-order chi connectivity index (χ1) is 14.4. The number of nitrogens with one attached hydrogen (secondary N) is 1. The summed E-state index contributed by atoms with van der Waals surface area (Å²) in [5.41, 5.74) is 2.18. The molecule has 30 heavy (non-hydrogen) atoms. The molecular weight excluding hydrogens is 402 g/mol. The van der Waals surface area contributed by atoms with E-state index in [4.69, 9.17) is 9.15 Å². The molecule has 0 spiro atoms.